The van der Waals surface area contributed by atoms with Gasteiger partial charge < -0.3 is 10.5 Å². The Balaban J connectivity index is 2.18. The fourth-order valence-electron chi connectivity index (χ4n) is 3.23. The molecule has 2 rings (SSSR count). The summed E-state index contributed by atoms with van der Waals surface area (Å²) in [7, 11) is 1.65. The van der Waals surface area contributed by atoms with Crippen LogP contribution < -0.4 is 10.5 Å². The van der Waals surface area contributed by atoms with Gasteiger partial charge in [0.2, 0.25) is 0 Å². The van der Waals surface area contributed by atoms with Crippen molar-refractivity contribution >= 4 is 11.6 Å². The van der Waals surface area contributed by atoms with Gasteiger partial charge in [-0.15, -0.1) is 0 Å². The molecule has 0 bridgehead atoms. The molecule has 0 spiro atoms. The zero-order valence-electron chi connectivity index (χ0n) is 11.7. The molecule has 1 aliphatic rings. The van der Waals surface area contributed by atoms with Gasteiger partial charge >= 0.3 is 0 Å². The highest BCUT2D eigenvalue weighted by Crippen LogP contribution is 2.37. The summed E-state index contributed by atoms with van der Waals surface area (Å²) >= 11 is 6.24. The van der Waals surface area contributed by atoms with Crippen molar-refractivity contribution in [1.82, 2.24) is 0 Å². The number of nitrogens with two attached hydrogens (primary N) is 1. The summed E-state index contributed by atoms with van der Waals surface area (Å²) in [5.41, 5.74) is 7.30. The first kappa shape index (κ1) is 14.7. The second kappa shape index (κ2) is 7.16. The molecule has 19 heavy (non-hydrogen) atoms. The molecule has 1 unspecified atom stereocenters. The predicted octanol–water partition coefficient (Wildman–Crippen LogP) is 4.36. The Labute approximate surface area is 121 Å². The van der Waals surface area contributed by atoms with Gasteiger partial charge in [-0.3, -0.25) is 0 Å². The van der Waals surface area contributed by atoms with E-state index >= 15 is 0 Å². The van der Waals surface area contributed by atoms with Crippen LogP contribution in [0.4, 0.5) is 0 Å². The van der Waals surface area contributed by atoms with E-state index in [-0.39, 0.29) is 0 Å². The van der Waals surface area contributed by atoms with Crippen LogP contribution in [-0.2, 0) is 0 Å². The smallest absolute Gasteiger partial charge is 0.137 e. The number of hydrogen-bond acceptors (Lipinski definition) is 2. The van der Waals surface area contributed by atoms with Gasteiger partial charge in [-0.2, -0.15) is 0 Å². The third-order valence-corrected chi connectivity index (χ3v) is 4.62. The summed E-state index contributed by atoms with van der Waals surface area (Å²) in [5.74, 6) is 1.88. The van der Waals surface area contributed by atoms with Crippen LogP contribution >= 0.6 is 11.6 Å². The normalized spacial score (nSPS) is 18.9. The Hall–Kier alpha value is -0.730. The lowest BCUT2D eigenvalue weighted by molar-refractivity contribution is 0.379. The van der Waals surface area contributed by atoms with E-state index in [2.05, 4.69) is 6.07 Å². The fourth-order valence-corrected chi connectivity index (χ4v) is 3.49. The van der Waals surface area contributed by atoms with E-state index in [0.29, 0.717) is 23.4 Å². The minimum Gasteiger partial charge on any atom is -0.495 e. The van der Waals surface area contributed by atoms with Gasteiger partial charge in [-0.05, 0) is 48.9 Å². The zero-order valence-corrected chi connectivity index (χ0v) is 12.5. The molecule has 1 fully saturated rings. The van der Waals surface area contributed by atoms with Crippen LogP contribution in [-0.4, -0.2) is 13.7 Å². The summed E-state index contributed by atoms with van der Waals surface area (Å²) in [5, 5.41) is 0.687. The van der Waals surface area contributed by atoms with E-state index in [4.69, 9.17) is 22.1 Å². The lowest BCUT2D eigenvalue weighted by Gasteiger charge is -2.25. The SMILES string of the molecule is COc1ccc(C(CN)C2CCCCCC2)cc1Cl. The second-order valence-electron chi connectivity index (χ2n) is 5.49. The first-order chi connectivity index (χ1) is 9.26. The summed E-state index contributed by atoms with van der Waals surface area (Å²) in [6.07, 6.45) is 8.02. The van der Waals surface area contributed by atoms with Crippen LogP contribution in [0.2, 0.25) is 5.02 Å². The predicted molar refractivity (Wildman–Crippen MR) is 81.0 cm³/mol. The molecule has 1 aromatic rings. The lowest BCUT2D eigenvalue weighted by atomic mass is 9.81. The third kappa shape index (κ3) is 3.64. The average molecular weight is 282 g/mol. The first-order valence-corrected chi connectivity index (χ1v) is 7.67. The molecule has 106 valence electrons. The molecule has 0 saturated heterocycles. The van der Waals surface area contributed by atoms with Crippen molar-refractivity contribution < 1.29 is 4.74 Å². The molecule has 1 atom stereocenters. The van der Waals surface area contributed by atoms with Gasteiger partial charge in [-0.25, -0.2) is 0 Å². The van der Waals surface area contributed by atoms with Crippen LogP contribution in [0, 0.1) is 5.92 Å². The van der Waals surface area contributed by atoms with Crippen LogP contribution in [0.25, 0.3) is 0 Å². The average Bonchev–Trinajstić information content (AvgIpc) is 2.69. The topological polar surface area (TPSA) is 35.2 Å². The Morgan fingerprint density at radius 2 is 1.95 bits per heavy atom. The molecule has 0 heterocycles. The summed E-state index contributed by atoms with van der Waals surface area (Å²) in [6.45, 7) is 0.702. The number of hydrogen-bond donors (Lipinski definition) is 1. The minimum absolute atomic E-state index is 0.432. The summed E-state index contributed by atoms with van der Waals surface area (Å²) in [4.78, 5) is 0. The number of methoxy groups -OCH3 is 1. The van der Waals surface area contributed by atoms with Crippen molar-refractivity contribution in [3.8, 4) is 5.75 Å². The lowest BCUT2D eigenvalue weighted by Crippen LogP contribution is -2.21. The van der Waals surface area contributed by atoms with Crippen LogP contribution in [0.1, 0.15) is 50.0 Å². The monoisotopic (exact) mass is 281 g/mol. The fraction of sp³-hybridized carbons (Fsp3) is 0.625. The summed E-state index contributed by atoms with van der Waals surface area (Å²) < 4.78 is 5.22. The van der Waals surface area contributed by atoms with Crippen molar-refractivity contribution in [2.75, 3.05) is 13.7 Å². The highest BCUT2D eigenvalue weighted by molar-refractivity contribution is 6.32. The van der Waals surface area contributed by atoms with Crippen molar-refractivity contribution in [2.45, 2.75) is 44.4 Å². The van der Waals surface area contributed by atoms with Crippen molar-refractivity contribution in [3.63, 3.8) is 0 Å². The highest BCUT2D eigenvalue weighted by atomic mass is 35.5. The molecule has 2 nitrogen and oxygen atoms in total. The Kier molecular flexibility index (Phi) is 5.53. The Morgan fingerprint density at radius 1 is 1.26 bits per heavy atom. The van der Waals surface area contributed by atoms with E-state index in [1.165, 1.54) is 44.1 Å². The molecule has 0 aromatic heterocycles. The van der Waals surface area contributed by atoms with Gasteiger partial charge in [0, 0.05) is 0 Å². The maximum atomic E-state index is 6.24. The quantitative estimate of drug-likeness (QED) is 0.832. The Bertz CT molecular complexity index is 400. The number of ether oxygens (including phenoxy) is 1. The van der Waals surface area contributed by atoms with Gasteiger partial charge in [0.05, 0.1) is 12.1 Å². The van der Waals surface area contributed by atoms with E-state index in [9.17, 15) is 0 Å². The van der Waals surface area contributed by atoms with E-state index in [1.54, 1.807) is 7.11 Å². The molecule has 0 aliphatic heterocycles. The zero-order chi connectivity index (χ0) is 13.7. The van der Waals surface area contributed by atoms with E-state index in [1.807, 2.05) is 12.1 Å². The minimum atomic E-state index is 0.432. The van der Waals surface area contributed by atoms with E-state index in [0.717, 1.165) is 5.75 Å². The third-order valence-electron chi connectivity index (χ3n) is 4.33. The molecular formula is C16H24ClNO. The molecule has 0 radical (unpaired) electrons. The maximum Gasteiger partial charge on any atom is 0.137 e. The van der Waals surface area contributed by atoms with Gasteiger partial charge in [0.1, 0.15) is 5.75 Å². The molecule has 1 aromatic carbocycles. The van der Waals surface area contributed by atoms with Gasteiger partial charge in [0.25, 0.3) is 0 Å². The van der Waals surface area contributed by atoms with Crippen molar-refractivity contribution in [3.05, 3.63) is 28.8 Å². The van der Waals surface area contributed by atoms with E-state index < -0.39 is 0 Å². The number of benzene rings is 1. The standard InChI is InChI=1S/C16H24ClNO/c1-19-16-9-8-13(10-15(16)17)14(11-18)12-6-4-2-3-5-7-12/h8-10,12,14H,2-7,11,18H2,1H3. The molecule has 2 N–H and O–H groups in total. The largest absolute Gasteiger partial charge is 0.495 e. The second-order valence-corrected chi connectivity index (χ2v) is 5.90. The van der Waals surface area contributed by atoms with Crippen LogP contribution in [0.15, 0.2) is 18.2 Å². The molecule has 1 saturated carbocycles. The number of rotatable bonds is 4. The van der Waals surface area contributed by atoms with Crippen molar-refractivity contribution in [1.29, 1.82) is 0 Å². The summed E-state index contributed by atoms with van der Waals surface area (Å²) in [6, 6.07) is 6.10. The molecule has 1 aliphatic carbocycles. The van der Waals surface area contributed by atoms with Gasteiger partial charge in [0.15, 0.2) is 0 Å². The maximum absolute atomic E-state index is 6.24. The van der Waals surface area contributed by atoms with Crippen LogP contribution in [0.3, 0.4) is 0 Å². The number of halogens is 1. The highest BCUT2D eigenvalue weighted by Gasteiger charge is 2.23. The van der Waals surface area contributed by atoms with Gasteiger partial charge in [-0.1, -0.05) is 43.4 Å². The molecule has 3 heteroatoms. The van der Waals surface area contributed by atoms with Crippen molar-refractivity contribution in [2.24, 2.45) is 11.7 Å². The van der Waals surface area contributed by atoms with Crippen LogP contribution in [0.5, 0.6) is 5.75 Å². The Morgan fingerprint density at radius 3 is 2.47 bits per heavy atom. The molecule has 0 amide bonds. The first-order valence-electron chi connectivity index (χ1n) is 7.29. The molecular weight excluding hydrogens is 258 g/mol.